The number of hydrogen-bond acceptors (Lipinski definition) is 3. The summed E-state index contributed by atoms with van der Waals surface area (Å²) in [6, 6.07) is 2.65. The standard InChI is InChI=1S/C13H20FN3O/c1-8(2)16-13(18)10(4)17-9(3)12-6-5-11(14)7-15-12/h5-10,17H,1-4H3,(H,16,18). The predicted octanol–water partition coefficient (Wildman–Crippen LogP) is 1.78. The summed E-state index contributed by atoms with van der Waals surface area (Å²) in [7, 11) is 0. The van der Waals surface area contributed by atoms with E-state index in [1.54, 1.807) is 13.0 Å². The van der Waals surface area contributed by atoms with Crippen LogP contribution in [0.2, 0.25) is 0 Å². The molecular formula is C13H20FN3O. The molecule has 0 fully saturated rings. The van der Waals surface area contributed by atoms with Crippen molar-refractivity contribution in [1.29, 1.82) is 0 Å². The molecule has 0 saturated carbocycles. The molecule has 0 spiro atoms. The highest BCUT2D eigenvalue weighted by molar-refractivity contribution is 5.81. The van der Waals surface area contributed by atoms with E-state index in [1.165, 1.54) is 12.3 Å². The van der Waals surface area contributed by atoms with E-state index in [2.05, 4.69) is 15.6 Å². The third-order valence-electron chi connectivity index (χ3n) is 2.52. The van der Waals surface area contributed by atoms with Gasteiger partial charge in [0.1, 0.15) is 5.82 Å². The van der Waals surface area contributed by atoms with Gasteiger partial charge in [-0.05, 0) is 39.8 Å². The first-order valence-electron chi connectivity index (χ1n) is 6.08. The lowest BCUT2D eigenvalue weighted by atomic mass is 10.1. The second-order valence-corrected chi connectivity index (χ2v) is 4.67. The molecule has 4 nitrogen and oxygen atoms in total. The van der Waals surface area contributed by atoms with Gasteiger partial charge in [0.25, 0.3) is 0 Å². The number of carbonyl (C=O) groups is 1. The minimum absolute atomic E-state index is 0.0565. The molecule has 5 heteroatoms. The van der Waals surface area contributed by atoms with Gasteiger partial charge in [0, 0.05) is 12.1 Å². The van der Waals surface area contributed by atoms with E-state index in [-0.39, 0.29) is 29.8 Å². The fourth-order valence-corrected chi connectivity index (χ4v) is 1.59. The van der Waals surface area contributed by atoms with E-state index in [9.17, 15) is 9.18 Å². The van der Waals surface area contributed by atoms with Crippen molar-refractivity contribution in [2.45, 2.75) is 45.8 Å². The molecule has 2 unspecified atom stereocenters. The normalized spacial score (nSPS) is 14.3. The molecule has 0 aliphatic carbocycles. The minimum Gasteiger partial charge on any atom is -0.353 e. The average molecular weight is 253 g/mol. The molecule has 0 bridgehead atoms. The van der Waals surface area contributed by atoms with Gasteiger partial charge in [-0.1, -0.05) is 0 Å². The summed E-state index contributed by atoms with van der Waals surface area (Å²) in [5.41, 5.74) is 0.709. The molecule has 2 atom stereocenters. The van der Waals surface area contributed by atoms with Crippen molar-refractivity contribution in [1.82, 2.24) is 15.6 Å². The van der Waals surface area contributed by atoms with E-state index in [0.29, 0.717) is 5.69 Å². The van der Waals surface area contributed by atoms with Crippen molar-refractivity contribution in [2.24, 2.45) is 0 Å². The molecule has 0 aliphatic rings. The highest BCUT2D eigenvalue weighted by Crippen LogP contribution is 2.10. The van der Waals surface area contributed by atoms with Crippen LogP contribution in [0.5, 0.6) is 0 Å². The quantitative estimate of drug-likeness (QED) is 0.841. The van der Waals surface area contributed by atoms with Crippen LogP contribution in [0.3, 0.4) is 0 Å². The first kappa shape index (κ1) is 14.6. The highest BCUT2D eigenvalue weighted by Gasteiger charge is 2.17. The van der Waals surface area contributed by atoms with Gasteiger partial charge in [0.15, 0.2) is 0 Å². The predicted molar refractivity (Wildman–Crippen MR) is 68.5 cm³/mol. The van der Waals surface area contributed by atoms with Crippen molar-refractivity contribution in [3.8, 4) is 0 Å². The van der Waals surface area contributed by atoms with Gasteiger partial charge < -0.3 is 5.32 Å². The Hall–Kier alpha value is -1.49. The molecule has 0 aromatic carbocycles. The lowest BCUT2D eigenvalue weighted by Crippen LogP contribution is -2.45. The molecule has 0 aliphatic heterocycles. The van der Waals surface area contributed by atoms with Crippen molar-refractivity contribution in [3.05, 3.63) is 29.8 Å². The van der Waals surface area contributed by atoms with Gasteiger partial charge in [0.2, 0.25) is 5.91 Å². The Morgan fingerprint density at radius 2 is 1.94 bits per heavy atom. The number of nitrogens with zero attached hydrogens (tertiary/aromatic N) is 1. The van der Waals surface area contributed by atoms with Gasteiger partial charge in [-0.2, -0.15) is 0 Å². The Morgan fingerprint density at radius 1 is 1.28 bits per heavy atom. The van der Waals surface area contributed by atoms with E-state index < -0.39 is 0 Å². The first-order chi connectivity index (χ1) is 8.40. The van der Waals surface area contributed by atoms with E-state index in [4.69, 9.17) is 0 Å². The minimum atomic E-state index is -0.364. The van der Waals surface area contributed by atoms with Crippen LogP contribution in [0.4, 0.5) is 4.39 Å². The maximum Gasteiger partial charge on any atom is 0.237 e. The third-order valence-corrected chi connectivity index (χ3v) is 2.52. The Labute approximate surface area is 107 Å². The Balaban J connectivity index is 2.56. The monoisotopic (exact) mass is 253 g/mol. The summed E-state index contributed by atoms with van der Waals surface area (Å²) in [6.07, 6.45) is 1.17. The maximum absolute atomic E-state index is 12.7. The summed E-state index contributed by atoms with van der Waals surface area (Å²) in [5.74, 6) is -0.421. The lowest BCUT2D eigenvalue weighted by molar-refractivity contribution is -0.123. The highest BCUT2D eigenvalue weighted by atomic mass is 19.1. The van der Waals surface area contributed by atoms with Crippen LogP contribution in [0, 0.1) is 5.82 Å². The maximum atomic E-state index is 12.7. The molecule has 100 valence electrons. The molecule has 1 aromatic rings. The number of pyridine rings is 1. The molecule has 18 heavy (non-hydrogen) atoms. The van der Waals surface area contributed by atoms with Crippen molar-refractivity contribution < 1.29 is 9.18 Å². The largest absolute Gasteiger partial charge is 0.353 e. The van der Waals surface area contributed by atoms with E-state index >= 15 is 0 Å². The van der Waals surface area contributed by atoms with E-state index in [1.807, 2.05) is 20.8 Å². The SMILES string of the molecule is CC(C)NC(=O)C(C)NC(C)c1ccc(F)cn1. The van der Waals surface area contributed by atoms with Crippen LogP contribution in [0.1, 0.15) is 39.4 Å². The van der Waals surface area contributed by atoms with Gasteiger partial charge in [0.05, 0.1) is 17.9 Å². The number of amides is 1. The van der Waals surface area contributed by atoms with Crippen LogP contribution < -0.4 is 10.6 Å². The van der Waals surface area contributed by atoms with Gasteiger partial charge in [-0.25, -0.2) is 4.39 Å². The van der Waals surface area contributed by atoms with Crippen molar-refractivity contribution in [3.63, 3.8) is 0 Å². The van der Waals surface area contributed by atoms with Crippen LogP contribution in [-0.4, -0.2) is 23.0 Å². The summed E-state index contributed by atoms with van der Waals surface area (Å²) in [6.45, 7) is 7.50. The zero-order valence-electron chi connectivity index (χ0n) is 11.2. The number of aromatic nitrogens is 1. The van der Waals surface area contributed by atoms with Crippen LogP contribution in [-0.2, 0) is 4.79 Å². The zero-order valence-corrected chi connectivity index (χ0v) is 11.2. The Morgan fingerprint density at radius 3 is 2.44 bits per heavy atom. The Bertz CT molecular complexity index is 392. The second kappa shape index (κ2) is 6.44. The number of rotatable bonds is 5. The average Bonchev–Trinajstić information content (AvgIpc) is 2.28. The lowest BCUT2D eigenvalue weighted by Gasteiger charge is -2.20. The smallest absolute Gasteiger partial charge is 0.237 e. The summed E-state index contributed by atoms with van der Waals surface area (Å²) in [4.78, 5) is 15.7. The molecule has 1 heterocycles. The Kier molecular flexibility index (Phi) is 5.22. The van der Waals surface area contributed by atoms with Gasteiger partial charge in [-0.3, -0.25) is 15.1 Å². The molecule has 1 amide bonds. The molecule has 2 N–H and O–H groups in total. The van der Waals surface area contributed by atoms with Gasteiger partial charge in [-0.15, -0.1) is 0 Å². The fourth-order valence-electron chi connectivity index (χ4n) is 1.59. The molecule has 0 saturated heterocycles. The third kappa shape index (κ3) is 4.41. The van der Waals surface area contributed by atoms with Crippen molar-refractivity contribution in [2.75, 3.05) is 0 Å². The first-order valence-corrected chi connectivity index (χ1v) is 6.08. The molecular weight excluding hydrogens is 233 g/mol. The summed E-state index contributed by atoms with van der Waals surface area (Å²) < 4.78 is 12.7. The summed E-state index contributed by atoms with van der Waals surface area (Å²) >= 11 is 0. The van der Waals surface area contributed by atoms with Crippen molar-refractivity contribution >= 4 is 5.91 Å². The number of carbonyl (C=O) groups excluding carboxylic acids is 1. The second-order valence-electron chi connectivity index (χ2n) is 4.67. The van der Waals surface area contributed by atoms with Crippen LogP contribution in [0.15, 0.2) is 18.3 Å². The van der Waals surface area contributed by atoms with Crippen LogP contribution in [0.25, 0.3) is 0 Å². The number of halogens is 1. The fraction of sp³-hybridized carbons (Fsp3) is 0.538. The molecule has 1 rings (SSSR count). The zero-order chi connectivity index (χ0) is 13.7. The van der Waals surface area contributed by atoms with Gasteiger partial charge >= 0.3 is 0 Å². The van der Waals surface area contributed by atoms with Crippen LogP contribution >= 0.6 is 0 Å². The number of hydrogen-bond donors (Lipinski definition) is 2. The summed E-state index contributed by atoms with van der Waals surface area (Å²) in [5, 5.41) is 5.95. The topological polar surface area (TPSA) is 54.0 Å². The molecule has 0 radical (unpaired) electrons. The van der Waals surface area contributed by atoms with E-state index in [0.717, 1.165) is 0 Å². The number of nitrogens with one attached hydrogen (secondary N) is 2. The molecule has 1 aromatic heterocycles.